The number of ether oxygens (including phenoxy) is 1. The molecule has 0 bridgehead atoms. The molecule has 4 nitrogen and oxygen atoms in total. The second-order valence-electron chi connectivity index (χ2n) is 4.23. The first kappa shape index (κ1) is 15.2. The Hall–Kier alpha value is -2.21. The first-order valence-electron chi connectivity index (χ1n) is 5.91. The Balaban J connectivity index is 2.46. The van der Waals surface area contributed by atoms with Crippen molar-refractivity contribution in [2.24, 2.45) is 0 Å². The van der Waals surface area contributed by atoms with Crippen molar-refractivity contribution in [1.82, 2.24) is 0 Å². The first-order valence-corrected chi connectivity index (χ1v) is 6.70. The van der Waals surface area contributed by atoms with Crippen LogP contribution in [0, 0.1) is 12.7 Å². The molecule has 0 unspecified atom stereocenters. The van der Waals surface area contributed by atoms with Gasteiger partial charge in [0.05, 0.1) is 5.56 Å². The lowest BCUT2D eigenvalue weighted by Gasteiger charge is -2.11. The average molecular weight is 353 g/mol. The van der Waals surface area contributed by atoms with Crippen LogP contribution in [0.3, 0.4) is 0 Å². The Labute approximate surface area is 128 Å². The molecule has 0 saturated carbocycles. The average Bonchev–Trinajstić information content (AvgIpc) is 2.48. The zero-order valence-electron chi connectivity index (χ0n) is 10.9. The monoisotopic (exact) mass is 352 g/mol. The molecule has 2 aromatic rings. The van der Waals surface area contributed by atoms with Gasteiger partial charge in [-0.2, -0.15) is 0 Å². The van der Waals surface area contributed by atoms with Gasteiger partial charge in [0, 0.05) is 10.0 Å². The molecule has 2 aromatic carbocycles. The SMILES string of the molecule is Cc1c(Br)cc(C(=O)O)c(OC(=O)c2ccccc2)c1F. The maximum atomic E-state index is 14.2. The Morgan fingerprint density at radius 1 is 1.24 bits per heavy atom. The van der Waals surface area contributed by atoms with Gasteiger partial charge in [-0.05, 0) is 25.1 Å². The Morgan fingerprint density at radius 3 is 2.43 bits per heavy atom. The summed E-state index contributed by atoms with van der Waals surface area (Å²) < 4.78 is 19.4. The molecule has 0 aromatic heterocycles. The van der Waals surface area contributed by atoms with Crippen molar-refractivity contribution in [3.63, 3.8) is 0 Å². The molecule has 0 fully saturated rings. The molecule has 0 saturated heterocycles. The third-order valence-electron chi connectivity index (χ3n) is 2.84. The lowest BCUT2D eigenvalue weighted by molar-refractivity contribution is 0.0677. The number of halogens is 2. The van der Waals surface area contributed by atoms with Gasteiger partial charge < -0.3 is 9.84 Å². The Morgan fingerprint density at radius 2 is 1.86 bits per heavy atom. The molecule has 2 rings (SSSR count). The van der Waals surface area contributed by atoms with E-state index in [9.17, 15) is 14.0 Å². The minimum absolute atomic E-state index is 0.163. The number of rotatable bonds is 3. The number of hydrogen-bond donors (Lipinski definition) is 1. The summed E-state index contributed by atoms with van der Waals surface area (Å²) >= 11 is 3.07. The second-order valence-corrected chi connectivity index (χ2v) is 5.09. The van der Waals surface area contributed by atoms with Crippen molar-refractivity contribution in [2.45, 2.75) is 6.92 Å². The first-order chi connectivity index (χ1) is 9.91. The Kier molecular flexibility index (Phi) is 4.37. The van der Waals surface area contributed by atoms with E-state index in [1.807, 2.05) is 0 Å². The molecule has 0 heterocycles. The second kappa shape index (κ2) is 6.05. The van der Waals surface area contributed by atoms with Gasteiger partial charge in [-0.1, -0.05) is 34.1 Å². The third-order valence-corrected chi connectivity index (χ3v) is 3.66. The summed E-state index contributed by atoms with van der Waals surface area (Å²) in [7, 11) is 0. The normalized spacial score (nSPS) is 10.2. The molecule has 6 heteroatoms. The summed E-state index contributed by atoms with van der Waals surface area (Å²) in [6.45, 7) is 1.45. The number of carboxylic acids is 1. The summed E-state index contributed by atoms with van der Waals surface area (Å²) in [6, 6.07) is 9.15. The van der Waals surface area contributed by atoms with E-state index in [1.165, 1.54) is 25.1 Å². The predicted octanol–water partition coefficient (Wildman–Crippen LogP) is 3.81. The van der Waals surface area contributed by atoms with E-state index >= 15 is 0 Å². The van der Waals surface area contributed by atoms with Crippen LogP contribution < -0.4 is 4.74 Å². The molecule has 0 aliphatic rings. The van der Waals surface area contributed by atoms with Crippen LogP contribution in [-0.2, 0) is 0 Å². The van der Waals surface area contributed by atoms with Crippen LogP contribution in [-0.4, -0.2) is 17.0 Å². The van der Waals surface area contributed by atoms with E-state index in [4.69, 9.17) is 9.84 Å². The van der Waals surface area contributed by atoms with Crippen LogP contribution in [0.1, 0.15) is 26.3 Å². The van der Waals surface area contributed by atoms with Crippen molar-refractivity contribution >= 4 is 27.9 Å². The highest BCUT2D eigenvalue weighted by Gasteiger charge is 2.23. The number of carbonyl (C=O) groups excluding carboxylic acids is 1. The number of aromatic carboxylic acids is 1. The lowest BCUT2D eigenvalue weighted by atomic mass is 10.1. The zero-order chi connectivity index (χ0) is 15.6. The molecule has 1 N–H and O–H groups in total. The van der Waals surface area contributed by atoms with Crippen molar-refractivity contribution in [3.8, 4) is 5.75 Å². The summed E-state index contributed by atoms with van der Waals surface area (Å²) in [5.74, 6) is -3.67. The molecule has 21 heavy (non-hydrogen) atoms. The van der Waals surface area contributed by atoms with Crippen molar-refractivity contribution in [3.05, 3.63) is 63.4 Å². The maximum Gasteiger partial charge on any atom is 0.343 e. The van der Waals surface area contributed by atoms with Crippen LogP contribution in [0.2, 0.25) is 0 Å². The molecule has 0 aliphatic heterocycles. The number of hydrogen-bond acceptors (Lipinski definition) is 3. The van der Waals surface area contributed by atoms with E-state index in [-0.39, 0.29) is 15.6 Å². The molecule has 0 spiro atoms. The minimum Gasteiger partial charge on any atom is -0.478 e. The summed E-state index contributed by atoms with van der Waals surface area (Å²) in [5.41, 5.74) is -0.0565. The summed E-state index contributed by atoms with van der Waals surface area (Å²) in [4.78, 5) is 23.1. The molecular formula is C15H10BrFO4. The third kappa shape index (κ3) is 3.11. The lowest BCUT2D eigenvalue weighted by Crippen LogP contribution is -2.13. The molecule has 0 radical (unpaired) electrons. The van der Waals surface area contributed by atoms with E-state index < -0.39 is 29.1 Å². The number of benzene rings is 2. The maximum absolute atomic E-state index is 14.2. The fourth-order valence-electron chi connectivity index (χ4n) is 1.68. The molecule has 0 atom stereocenters. The van der Waals surface area contributed by atoms with Crippen LogP contribution in [0.15, 0.2) is 40.9 Å². The van der Waals surface area contributed by atoms with E-state index in [1.54, 1.807) is 18.2 Å². The van der Waals surface area contributed by atoms with Crippen LogP contribution in [0.5, 0.6) is 5.75 Å². The fraction of sp³-hybridized carbons (Fsp3) is 0.0667. The van der Waals surface area contributed by atoms with Crippen molar-refractivity contribution in [1.29, 1.82) is 0 Å². The number of carbonyl (C=O) groups is 2. The van der Waals surface area contributed by atoms with Crippen LogP contribution in [0.25, 0.3) is 0 Å². The largest absolute Gasteiger partial charge is 0.478 e. The topological polar surface area (TPSA) is 63.6 Å². The number of esters is 1. The van der Waals surface area contributed by atoms with Gasteiger partial charge in [-0.15, -0.1) is 0 Å². The zero-order valence-corrected chi connectivity index (χ0v) is 12.5. The van der Waals surface area contributed by atoms with Gasteiger partial charge in [0.15, 0.2) is 11.6 Å². The highest BCUT2D eigenvalue weighted by molar-refractivity contribution is 9.10. The number of carboxylic acid groups (broad SMARTS) is 1. The summed E-state index contributed by atoms with van der Waals surface area (Å²) in [5, 5.41) is 9.11. The van der Waals surface area contributed by atoms with Crippen LogP contribution in [0.4, 0.5) is 4.39 Å². The summed E-state index contributed by atoms with van der Waals surface area (Å²) in [6.07, 6.45) is 0. The van der Waals surface area contributed by atoms with E-state index in [2.05, 4.69) is 15.9 Å². The van der Waals surface area contributed by atoms with Gasteiger partial charge in [0.25, 0.3) is 0 Å². The fourth-order valence-corrected chi connectivity index (χ4v) is 2.08. The van der Waals surface area contributed by atoms with Gasteiger partial charge in [-0.3, -0.25) is 0 Å². The van der Waals surface area contributed by atoms with Gasteiger partial charge >= 0.3 is 11.9 Å². The standard InChI is InChI=1S/C15H10BrFO4/c1-8-11(16)7-10(14(18)19)13(12(8)17)21-15(20)9-5-3-2-4-6-9/h2-7H,1H3,(H,18,19). The quantitative estimate of drug-likeness (QED) is 0.673. The smallest absolute Gasteiger partial charge is 0.343 e. The van der Waals surface area contributed by atoms with Gasteiger partial charge in [-0.25, -0.2) is 14.0 Å². The molecule has 108 valence electrons. The highest BCUT2D eigenvalue weighted by atomic mass is 79.9. The molecular weight excluding hydrogens is 343 g/mol. The van der Waals surface area contributed by atoms with Crippen LogP contribution >= 0.6 is 15.9 Å². The highest BCUT2D eigenvalue weighted by Crippen LogP contribution is 2.32. The van der Waals surface area contributed by atoms with Crippen molar-refractivity contribution < 1.29 is 23.8 Å². The molecule has 0 amide bonds. The van der Waals surface area contributed by atoms with Crippen molar-refractivity contribution in [2.75, 3.05) is 0 Å². The van der Waals surface area contributed by atoms with E-state index in [0.29, 0.717) is 0 Å². The molecule has 0 aliphatic carbocycles. The van der Waals surface area contributed by atoms with E-state index in [0.717, 1.165) is 0 Å². The van der Waals surface area contributed by atoms with Gasteiger partial charge in [0.1, 0.15) is 5.56 Å². The minimum atomic E-state index is -1.38. The van der Waals surface area contributed by atoms with Gasteiger partial charge in [0.2, 0.25) is 0 Å². The predicted molar refractivity (Wildman–Crippen MR) is 77.2 cm³/mol. The Bertz CT molecular complexity index is 713.